The van der Waals surface area contributed by atoms with Gasteiger partial charge >= 0.3 is 0 Å². The first-order valence-electron chi connectivity index (χ1n) is 5.78. The van der Waals surface area contributed by atoms with Crippen LogP contribution in [0.1, 0.15) is 34.6 Å². The fourth-order valence-electron chi connectivity index (χ4n) is 1.80. The summed E-state index contributed by atoms with van der Waals surface area (Å²) in [4.78, 5) is 31.7. The standard InChI is InChI=1S/C12H6N2O2.C2H6/c15-11-7-3-1-5-13-9(7)10-8(12(11)16)4-2-6-14-10;1-2/h1-6H;1-2H3. The van der Waals surface area contributed by atoms with Gasteiger partial charge in [-0.05, 0) is 24.3 Å². The van der Waals surface area contributed by atoms with Gasteiger partial charge in [0.25, 0.3) is 0 Å². The van der Waals surface area contributed by atoms with Crippen LogP contribution in [-0.2, 0) is 0 Å². The highest BCUT2D eigenvalue weighted by Crippen LogP contribution is 2.29. The lowest BCUT2D eigenvalue weighted by molar-refractivity contribution is 0.0814. The van der Waals surface area contributed by atoms with Crippen LogP contribution in [0.4, 0.5) is 0 Å². The van der Waals surface area contributed by atoms with Crippen molar-refractivity contribution < 1.29 is 9.59 Å². The molecule has 2 aromatic heterocycles. The molecule has 90 valence electrons. The van der Waals surface area contributed by atoms with Gasteiger partial charge in [-0.2, -0.15) is 0 Å². The molecule has 0 atom stereocenters. The molecule has 4 heteroatoms. The van der Waals surface area contributed by atoms with Crippen molar-refractivity contribution in [2.75, 3.05) is 0 Å². The lowest BCUT2D eigenvalue weighted by Gasteiger charge is -2.14. The third-order valence-corrected chi connectivity index (χ3v) is 2.54. The molecule has 0 saturated heterocycles. The molecular formula is C14H12N2O2. The highest BCUT2D eigenvalue weighted by Gasteiger charge is 2.31. The number of Topliss-reactive ketones (excluding diaryl/α,β-unsaturated/α-hetero) is 2. The highest BCUT2D eigenvalue weighted by molar-refractivity contribution is 6.52. The Kier molecular flexibility index (Phi) is 3.28. The van der Waals surface area contributed by atoms with E-state index >= 15 is 0 Å². The first kappa shape index (κ1) is 12.1. The molecule has 2 heterocycles. The van der Waals surface area contributed by atoms with E-state index in [-0.39, 0.29) is 0 Å². The van der Waals surface area contributed by atoms with Crippen molar-refractivity contribution in [3.05, 3.63) is 47.8 Å². The van der Waals surface area contributed by atoms with Crippen LogP contribution in [0.5, 0.6) is 0 Å². The van der Waals surface area contributed by atoms with E-state index in [0.29, 0.717) is 22.5 Å². The first-order valence-corrected chi connectivity index (χ1v) is 5.78. The lowest BCUT2D eigenvalue weighted by Crippen LogP contribution is -2.22. The number of hydrogen-bond donors (Lipinski definition) is 0. The lowest BCUT2D eigenvalue weighted by atomic mass is 9.91. The van der Waals surface area contributed by atoms with Gasteiger partial charge in [0, 0.05) is 12.4 Å². The number of rotatable bonds is 0. The molecule has 0 radical (unpaired) electrons. The highest BCUT2D eigenvalue weighted by atomic mass is 16.2. The predicted octanol–water partition coefficient (Wildman–Crippen LogP) is 2.55. The second kappa shape index (κ2) is 4.87. The van der Waals surface area contributed by atoms with E-state index in [9.17, 15) is 9.59 Å². The normalized spacial score (nSPS) is 12.1. The number of nitrogens with zero attached hydrogens (tertiary/aromatic N) is 2. The Morgan fingerprint density at radius 3 is 1.56 bits per heavy atom. The zero-order valence-corrected chi connectivity index (χ0v) is 10.2. The fraction of sp³-hybridized carbons (Fsp3) is 0.143. The minimum atomic E-state index is -0.511. The summed E-state index contributed by atoms with van der Waals surface area (Å²) in [5.74, 6) is -1.02. The number of carbonyl (C=O) groups excluding carboxylic acids is 2. The zero-order valence-electron chi connectivity index (χ0n) is 10.2. The van der Waals surface area contributed by atoms with Crippen molar-refractivity contribution in [3.8, 4) is 11.4 Å². The molecule has 4 nitrogen and oxygen atoms in total. The summed E-state index contributed by atoms with van der Waals surface area (Å²) in [7, 11) is 0. The SMILES string of the molecule is CC.O=C1C(=O)c2cccnc2-c2ncccc21. The molecule has 0 aliphatic heterocycles. The van der Waals surface area contributed by atoms with Gasteiger partial charge in [-0.3, -0.25) is 19.6 Å². The van der Waals surface area contributed by atoms with Crippen LogP contribution in [0.15, 0.2) is 36.7 Å². The minimum absolute atomic E-state index is 0.332. The Bertz CT molecular complexity index is 565. The van der Waals surface area contributed by atoms with Crippen molar-refractivity contribution in [2.45, 2.75) is 13.8 Å². The van der Waals surface area contributed by atoms with Crippen molar-refractivity contribution in [2.24, 2.45) is 0 Å². The quantitative estimate of drug-likeness (QED) is 0.664. The van der Waals surface area contributed by atoms with Gasteiger partial charge in [0.05, 0.1) is 11.1 Å². The van der Waals surface area contributed by atoms with Gasteiger partial charge in [-0.1, -0.05) is 13.8 Å². The second-order valence-electron chi connectivity index (χ2n) is 3.46. The summed E-state index contributed by atoms with van der Waals surface area (Å²) in [6.45, 7) is 4.00. The molecule has 0 unspecified atom stereocenters. The molecule has 2 aromatic rings. The Morgan fingerprint density at radius 2 is 1.17 bits per heavy atom. The summed E-state index contributed by atoms with van der Waals surface area (Å²) < 4.78 is 0. The second-order valence-corrected chi connectivity index (χ2v) is 3.46. The number of aromatic nitrogens is 2. The zero-order chi connectivity index (χ0) is 13.1. The smallest absolute Gasteiger partial charge is 0.235 e. The molecule has 0 bridgehead atoms. The van der Waals surface area contributed by atoms with E-state index in [1.165, 1.54) is 0 Å². The maximum absolute atomic E-state index is 11.8. The molecule has 3 rings (SSSR count). The number of carbonyl (C=O) groups is 2. The molecule has 0 N–H and O–H groups in total. The van der Waals surface area contributed by atoms with Gasteiger partial charge in [0.15, 0.2) is 0 Å². The van der Waals surface area contributed by atoms with Crippen LogP contribution in [0.25, 0.3) is 11.4 Å². The van der Waals surface area contributed by atoms with Crippen LogP contribution in [0.3, 0.4) is 0 Å². The molecule has 0 spiro atoms. The molecule has 1 aliphatic carbocycles. The van der Waals surface area contributed by atoms with Crippen LogP contribution < -0.4 is 0 Å². The summed E-state index contributed by atoms with van der Waals surface area (Å²) in [6.07, 6.45) is 3.17. The van der Waals surface area contributed by atoms with E-state index in [4.69, 9.17) is 0 Å². The van der Waals surface area contributed by atoms with Gasteiger partial charge in [-0.15, -0.1) is 0 Å². The van der Waals surface area contributed by atoms with Crippen LogP contribution in [0, 0.1) is 0 Å². The number of ketones is 2. The third kappa shape index (κ3) is 1.72. The first-order chi connectivity index (χ1) is 8.79. The van der Waals surface area contributed by atoms with Crippen LogP contribution in [0.2, 0.25) is 0 Å². The maximum Gasteiger partial charge on any atom is 0.235 e. The van der Waals surface area contributed by atoms with Crippen molar-refractivity contribution >= 4 is 11.6 Å². The predicted molar refractivity (Wildman–Crippen MR) is 67.5 cm³/mol. The van der Waals surface area contributed by atoms with Crippen LogP contribution >= 0.6 is 0 Å². The molecule has 1 aliphatic rings. The monoisotopic (exact) mass is 240 g/mol. The molecule has 0 aromatic carbocycles. The number of fused-ring (bicyclic) bond motifs is 3. The van der Waals surface area contributed by atoms with Gasteiger partial charge in [-0.25, -0.2) is 0 Å². The largest absolute Gasteiger partial charge is 0.285 e. The number of hydrogen-bond acceptors (Lipinski definition) is 4. The maximum atomic E-state index is 11.8. The molecule has 18 heavy (non-hydrogen) atoms. The van der Waals surface area contributed by atoms with E-state index < -0.39 is 11.6 Å². The van der Waals surface area contributed by atoms with E-state index in [1.807, 2.05) is 13.8 Å². The fourth-order valence-corrected chi connectivity index (χ4v) is 1.80. The summed E-state index contributed by atoms with van der Waals surface area (Å²) >= 11 is 0. The topological polar surface area (TPSA) is 59.9 Å². The Labute approximate surface area is 105 Å². The van der Waals surface area contributed by atoms with E-state index in [1.54, 1.807) is 36.7 Å². The third-order valence-electron chi connectivity index (χ3n) is 2.54. The van der Waals surface area contributed by atoms with E-state index in [0.717, 1.165) is 0 Å². The van der Waals surface area contributed by atoms with Crippen molar-refractivity contribution in [1.82, 2.24) is 9.97 Å². The molecule has 0 fully saturated rings. The Balaban J connectivity index is 0.000000574. The van der Waals surface area contributed by atoms with Crippen molar-refractivity contribution in [3.63, 3.8) is 0 Å². The average Bonchev–Trinajstić information content (AvgIpc) is 2.47. The van der Waals surface area contributed by atoms with Gasteiger partial charge in [0.1, 0.15) is 11.4 Å². The number of pyridine rings is 2. The average molecular weight is 240 g/mol. The van der Waals surface area contributed by atoms with Gasteiger partial charge < -0.3 is 0 Å². The Morgan fingerprint density at radius 1 is 0.778 bits per heavy atom. The van der Waals surface area contributed by atoms with Crippen LogP contribution in [-0.4, -0.2) is 21.5 Å². The Hall–Kier alpha value is -2.36. The van der Waals surface area contributed by atoms with Crippen molar-refractivity contribution in [1.29, 1.82) is 0 Å². The summed E-state index contributed by atoms with van der Waals surface area (Å²) in [6, 6.07) is 6.47. The molecule has 0 amide bonds. The van der Waals surface area contributed by atoms with E-state index in [2.05, 4.69) is 9.97 Å². The summed E-state index contributed by atoms with van der Waals surface area (Å²) in [5, 5.41) is 0. The minimum Gasteiger partial charge on any atom is -0.285 e. The summed E-state index contributed by atoms with van der Waals surface area (Å²) in [5.41, 5.74) is 1.64. The van der Waals surface area contributed by atoms with Gasteiger partial charge in [0.2, 0.25) is 11.6 Å². The molecule has 0 saturated carbocycles. The molecular weight excluding hydrogens is 228 g/mol.